The van der Waals surface area contributed by atoms with Gasteiger partial charge in [-0.2, -0.15) is 0 Å². The van der Waals surface area contributed by atoms with Crippen LogP contribution in [0.5, 0.6) is 0 Å². The number of fused-ring (bicyclic) bond motifs is 4. The van der Waals surface area contributed by atoms with Crippen LogP contribution >= 0.6 is 0 Å². The molecular weight excluding hydrogens is 312 g/mol. The van der Waals surface area contributed by atoms with Crippen molar-refractivity contribution in [2.24, 2.45) is 22.7 Å². The minimum absolute atomic E-state index is 0.0962. The number of benzene rings is 1. The van der Waals surface area contributed by atoms with Crippen molar-refractivity contribution in [1.82, 2.24) is 0 Å². The highest BCUT2D eigenvalue weighted by molar-refractivity contribution is 5.89. The van der Waals surface area contributed by atoms with Crippen LogP contribution in [0.4, 0.5) is 0 Å². The van der Waals surface area contributed by atoms with Gasteiger partial charge in [-0.15, -0.1) is 0 Å². The lowest BCUT2D eigenvalue weighted by atomic mass is 9.49. The smallest absolute Gasteiger partial charge is 0.338 e. The third-order valence-corrected chi connectivity index (χ3v) is 7.54. The molecule has 0 aliphatic heterocycles. The summed E-state index contributed by atoms with van der Waals surface area (Å²) in [4.78, 5) is 12.5. The lowest BCUT2D eigenvalue weighted by Gasteiger charge is -2.58. The zero-order valence-corrected chi connectivity index (χ0v) is 15.6. The van der Waals surface area contributed by atoms with Gasteiger partial charge in [0.1, 0.15) is 6.10 Å². The third kappa shape index (κ3) is 2.71. The second-order valence-corrected chi connectivity index (χ2v) is 9.68. The van der Waals surface area contributed by atoms with Crippen LogP contribution in [0.3, 0.4) is 0 Å². The second kappa shape index (κ2) is 5.57. The molecule has 3 aliphatic rings. The molecule has 0 aromatic heterocycles. The number of esters is 1. The Labute approximate surface area is 150 Å². The maximum atomic E-state index is 12.5. The van der Waals surface area contributed by atoms with Crippen LogP contribution in [0.2, 0.25) is 0 Å². The zero-order chi connectivity index (χ0) is 17.9. The Balaban J connectivity index is 1.54. The summed E-state index contributed by atoms with van der Waals surface area (Å²) in [6.45, 7) is 6.89. The van der Waals surface area contributed by atoms with Crippen LogP contribution in [0, 0.1) is 22.7 Å². The molecule has 1 aromatic carbocycles. The maximum Gasteiger partial charge on any atom is 0.338 e. The van der Waals surface area contributed by atoms with Gasteiger partial charge in [0.2, 0.25) is 0 Å². The number of carbonyl (C=O) groups is 1. The van der Waals surface area contributed by atoms with Crippen molar-refractivity contribution in [1.29, 1.82) is 0 Å². The molecule has 5 unspecified atom stereocenters. The van der Waals surface area contributed by atoms with Crippen LogP contribution in [-0.4, -0.2) is 22.8 Å². The van der Waals surface area contributed by atoms with Gasteiger partial charge in [0.05, 0.1) is 11.2 Å². The Morgan fingerprint density at radius 3 is 2.48 bits per heavy atom. The minimum Gasteiger partial charge on any atom is -0.458 e. The molecular formula is C22H30O3. The zero-order valence-electron chi connectivity index (χ0n) is 15.6. The molecule has 1 N–H and O–H groups in total. The van der Waals surface area contributed by atoms with E-state index in [1.54, 1.807) is 12.1 Å². The quantitative estimate of drug-likeness (QED) is 0.800. The van der Waals surface area contributed by atoms with E-state index in [1.165, 1.54) is 0 Å². The second-order valence-electron chi connectivity index (χ2n) is 9.68. The summed E-state index contributed by atoms with van der Waals surface area (Å²) in [6.07, 6.45) is 5.49. The van der Waals surface area contributed by atoms with Crippen LogP contribution in [0.1, 0.15) is 69.7 Å². The normalized spacial score (nSPS) is 41.8. The van der Waals surface area contributed by atoms with Gasteiger partial charge in [0, 0.05) is 5.41 Å². The fourth-order valence-corrected chi connectivity index (χ4v) is 6.06. The third-order valence-electron chi connectivity index (χ3n) is 7.54. The highest BCUT2D eigenvalue weighted by atomic mass is 16.5. The Bertz CT molecular complexity index is 667. The largest absolute Gasteiger partial charge is 0.458 e. The standard InChI is InChI=1S/C22H30O3/c1-20(2)13-17-16(20)9-11-21(3)14-22(17,24)12-10-18(21)25-19(23)15-7-5-4-6-8-15/h4-8,16-18,24H,9-14H2,1-3H3. The van der Waals surface area contributed by atoms with E-state index in [2.05, 4.69) is 20.8 Å². The van der Waals surface area contributed by atoms with Crippen LogP contribution in [-0.2, 0) is 4.74 Å². The average molecular weight is 342 g/mol. The van der Waals surface area contributed by atoms with Crippen molar-refractivity contribution in [3.05, 3.63) is 35.9 Å². The SMILES string of the molecule is CC1(C)CC2C1CCC1(C)CC2(O)CCC1OC(=O)c1ccccc1. The lowest BCUT2D eigenvalue weighted by molar-refractivity contribution is -0.177. The molecule has 1 aromatic rings. The number of hydrogen-bond acceptors (Lipinski definition) is 3. The lowest BCUT2D eigenvalue weighted by Crippen LogP contribution is -2.58. The van der Waals surface area contributed by atoms with Crippen LogP contribution in [0.15, 0.2) is 30.3 Å². The van der Waals surface area contributed by atoms with E-state index >= 15 is 0 Å². The fraction of sp³-hybridized carbons (Fsp3) is 0.682. The number of rotatable bonds is 2. The van der Waals surface area contributed by atoms with Gasteiger partial charge in [0.25, 0.3) is 0 Å². The van der Waals surface area contributed by atoms with E-state index in [4.69, 9.17) is 4.74 Å². The van der Waals surface area contributed by atoms with E-state index in [0.29, 0.717) is 22.8 Å². The van der Waals surface area contributed by atoms with E-state index in [9.17, 15) is 9.90 Å². The van der Waals surface area contributed by atoms with Crippen molar-refractivity contribution >= 4 is 5.97 Å². The number of hydrogen-bond donors (Lipinski definition) is 1. The molecule has 0 heterocycles. The predicted molar refractivity (Wildman–Crippen MR) is 97.2 cm³/mol. The Hall–Kier alpha value is -1.35. The molecule has 0 radical (unpaired) electrons. The Morgan fingerprint density at radius 1 is 1.08 bits per heavy atom. The van der Waals surface area contributed by atoms with Gasteiger partial charge in [-0.1, -0.05) is 39.0 Å². The van der Waals surface area contributed by atoms with Crippen molar-refractivity contribution in [2.75, 3.05) is 0 Å². The highest BCUT2D eigenvalue weighted by Gasteiger charge is 2.62. The topological polar surface area (TPSA) is 46.5 Å². The van der Waals surface area contributed by atoms with Crippen molar-refractivity contribution in [2.45, 2.75) is 71.0 Å². The first-order chi connectivity index (χ1) is 11.7. The first kappa shape index (κ1) is 17.1. The van der Waals surface area contributed by atoms with Gasteiger partial charge in [-0.05, 0) is 67.9 Å². The molecule has 3 nitrogen and oxygen atoms in total. The van der Waals surface area contributed by atoms with Gasteiger partial charge in [-0.3, -0.25) is 0 Å². The summed E-state index contributed by atoms with van der Waals surface area (Å²) in [5, 5.41) is 11.4. The summed E-state index contributed by atoms with van der Waals surface area (Å²) in [5.74, 6) is 0.794. The number of ether oxygens (including phenoxy) is 1. The van der Waals surface area contributed by atoms with Crippen molar-refractivity contribution in [3.8, 4) is 0 Å². The van der Waals surface area contributed by atoms with E-state index in [-0.39, 0.29) is 17.5 Å². The van der Waals surface area contributed by atoms with E-state index < -0.39 is 5.60 Å². The molecule has 3 fully saturated rings. The highest BCUT2D eigenvalue weighted by Crippen LogP contribution is 2.65. The molecule has 25 heavy (non-hydrogen) atoms. The molecule has 3 saturated carbocycles. The number of carbonyl (C=O) groups excluding carboxylic acids is 1. The summed E-state index contributed by atoms with van der Waals surface area (Å²) < 4.78 is 5.96. The molecule has 3 aliphatic carbocycles. The molecule has 2 bridgehead atoms. The van der Waals surface area contributed by atoms with Crippen LogP contribution < -0.4 is 0 Å². The van der Waals surface area contributed by atoms with Crippen molar-refractivity contribution < 1.29 is 14.6 Å². The fourth-order valence-electron chi connectivity index (χ4n) is 6.06. The predicted octanol–water partition coefficient (Wildman–Crippen LogP) is 4.59. The van der Waals surface area contributed by atoms with E-state index in [1.807, 2.05) is 18.2 Å². The summed E-state index contributed by atoms with van der Waals surface area (Å²) in [6, 6.07) is 9.24. The Kier molecular flexibility index (Phi) is 3.81. The maximum absolute atomic E-state index is 12.5. The molecule has 136 valence electrons. The molecule has 0 spiro atoms. The minimum atomic E-state index is -0.568. The van der Waals surface area contributed by atoms with Gasteiger partial charge in [-0.25, -0.2) is 4.79 Å². The van der Waals surface area contributed by atoms with Gasteiger partial charge < -0.3 is 9.84 Å². The monoisotopic (exact) mass is 342 g/mol. The number of aliphatic hydroxyl groups is 1. The van der Waals surface area contributed by atoms with Gasteiger partial charge in [0.15, 0.2) is 0 Å². The van der Waals surface area contributed by atoms with Crippen LogP contribution in [0.25, 0.3) is 0 Å². The first-order valence-electron chi connectivity index (χ1n) is 9.72. The average Bonchev–Trinajstić information content (AvgIpc) is 2.63. The van der Waals surface area contributed by atoms with E-state index in [0.717, 1.165) is 38.5 Å². The van der Waals surface area contributed by atoms with Crippen molar-refractivity contribution in [3.63, 3.8) is 0 Å². The molecule has 4 rings (SSSR count). The molecule has 5 atom stereocenters. The molecule has 0 saturated heterocycles. The Morgan fingerprint density at radius 2 is 1.80 bits per heavy atom. The summed E-state index contributed by atoms with van der Waals surface area (Å²) >= 11 is 0. The molecule has 3 heteroatoms. The summed E-state index contributed by atoms with van der Waals surface area (Å²) in [5.41, 5.74) is 0.262. The first-order valence-corrected chi connectivity index (χ1v) is 9.72. The summed E-state index contributed by atoms with van der Waals surface area (Å²) in [7, 11) is 0. The van der Waals surface area contributed by atoms with Gasteiger partial charge >= 0.3 is 5.97 Å². The molecule has 0 amide bonds.